The Kier molecular flexibility index (Phi) is 6.20. The molecule has 0 aromatic heterocycles. The van der Waals surface area contributed by atoms with Crippen molar-refractivity contribution >= 4 is 17.3 Å². The summed E-state index contributed by atoms with van der Waals surface area (Å²) in [5, 5.41) is 7.42. The third-order valence-electron chi connectivity index (χ3n) is 3.85. The Hall–Kier alpha value is -0.350. The molecular weight excluding hydrogens is 230 g/mol. The maximum absolute atomic E-state index is 5.28. The van der Waals surface area contributed by atoms with Crippen LogP contribution in [0.3, 0.4) is 0 Å². The number of thiocarbonyl (C=S) groups is 1. The van der Waals surface area contributed by atoms with Gasteiger partial charge in [-0.1, -0.05) is 26.2 Å². The highest BCUT2D eigenvalue weighted by Crippen LogP contribution is 2.31. The van der Waals surface area contributed by atoms with Crippen molar-refractivity contribution in [2.75, 3.05) is 27.2 Å². The fraction of sp³-hybridized carbons (Fsp3) is 0.923. The molecule has 17 heavy (non-hydrogen) atoms. The zero-order valence-corrected chi connectivity index (χ0v) is 12.3. The van der Waals surface area contributed by atoms with Crippen molar-refractivity contribution in [3.05, 3.63) is 0 Å². The third-order valence-corrected chi connectivity index (χ3v) is 4.14. The molecule has 0 atom stereocenters. The summed E-state index contributed by atoms with van der Waals surface area (Å²) in [6.07, 6.45) is 7.74. The Morgan fingerprint density at radius 3 is 2.35 bits per heavy atom. The zero-order chi connectivity index (χ0) is 12.7. The lowest BCUT2D eigenvalue weighted by Gasteiger charge is -2.43. The van der Waals surface area contributed by atoms with Crippen LogP contribution in [-0.4, -0.2) is 42.7 Å². The predicted octanol–water partition coefficient (Wildman–Crippen LogP) is 2.12. The molecule has 1 aliphatic rings. The zero-order valence-electron chi connectivity index (χ0n) is 11.5. The SMILES string of the molecule is CCCNC(=S)NCC1(N(C)C)CCCCC1. The highest BCUT2D eigenvalue weighted by Gasteiger charge is 2.33. The van der Waals surface area contributed by atoms with Gasteiger partial charge in [0.25, 0.3) is 0 Å². The van der Waals surface area contributed by atoms with E-state index in [9.17, 15) is 0 Å². The molecule has 1 rings (SSSR count). The Labute approximate surface area is 111 Å². The van der Waals surface area contributed by atoms with Gasteiger partial charge in [-0.2, -0.15) is 0 Å². The van der Waals surface area contributed by atoms with Crippen molar-refractivity contribution < 1.29 is 0 Å². The van der Waals surface area contributed by atoms with E-state index in [0.29, 0.717) is 5.54 Å². The first kappa shape index (κ1) is 14.7. The average Bonchev–Trinajstić information content (AvgIpc) is 2.34. The van der Waals surface area contributed by atoms with Gasteiger partial charge < -0.3 is 15.5 Å². The molecule has 100 valence electrons. The van der Waals surface area contributed by atoms with Crippen LogP contribution in [0.2, 0.25) is 0 Å². The van der Waals surface area contributed by atoms with E-state index < -0.39 is 0 Å². The highest BCUT2D eigenvalue weighted by molar-refractivity contribution is 7.80. The maximum atomic E-state index is 5.28. The highest BCUT2D eigenvalue weighted by atomic mass is 32.1. The van der Waals surface area contributed by atoms with Gasteiger partial charge in [-0.25, -0.2) is 0 Å². The number of nitrogens with zero attached hydrogens (tertiary/aromatic N) is 1. The standard InChI is InChI=1S/C13H27N3S/c1-4-10-14-12(17)15-11-13(16(2)3)8-6-5-7-9-13/h4-11H2,1-3H3,(H2,14,15,17). The molecule has 0 bridgehead atoms. The molecule has 0 aliphatic heterocycles. The van der Waals surface area contributed by atoms with E-state index in [2.05, 4.69) is 36.6 Å². The van der Waals surface area contributed by atoms with Crippen molar-refractivity contribution in [2.24, 2.45) is 0 Å². The van der Waals surface area contributed by atoms with Crippen molar-refractivity contribution in [1.82, 2.24) is 15.5 Å². The first-order valence-electron chi connectivity index (χ1n) is 6.80. The van der Waals surface area contributed by atoms with Crippen molar-refractivity contribution in [3.63, 3.8) is 0 Å². The Morgan fingerprint density at radius 2 is 1.82 bits per heavy atom. The molecule has 1 fully saturated rings. The normalized spacial score (nSPS) is 19.1. The molecule has 1 saturated carbocycles. The van der Waals surface area contributed by atoms with Gasteiger partial charge in [0.1, 0.15) is 0 Å². The number of likely N-dealkylation sites (N-methyl/N-ethyl adjacent to an activating group) is 1. The van der Waals surface area contributed by atoms with E-state index in [1.807, 2.05) is 0 Å². The quantitative estimate of drug-likeness (QED) is 0.738. The molecule has 0 unspecified atom stereocenters. The van der Waals surface area contributed by atoms with Crippen LogP contribution in [0.15, 0.2) is 0 Å². The molecule has 0 radical (unpaired) electrons. The van der Waals surface area contributed by atoms with Gasteiger partial charge in [-0.3, -0.25) is 0 Å². The van der Waals surface area contributed by atoms with Gasteiger partial charge in [0.2, 0.25) is 0 Å². The number of nitrogens with one attached hydrogen (secondary N) is 2. The van der Waals surface area contributed by atoms with E-state index in [1.165, 1.54) is 32.1 Å². The van der Waals surface area contributed by atoms with Gasteiger partial charge in [0.05, 0.1) is 0 Å². The second-order valence-corrected chi connectivity index (χ2v) is 5.70. The summed E-state index contributed by atoms with van der Waals surface area (Å²) in [5.74, 6) is 0. The van der Waals surface area contributed by atoms with Gasteiger partial charge in [-0.15, -0.1) is 0 Å². The van der Waals surface area contributed by atoms with Crippen molar-refractivity contribution in [1.29, 1.82) is 0 Å². The summed E-state index contributed by atoms with van der Waals surface area (Å²) < 4.78 is 0. The van der Waals surface area contributed by atoms with E-state index in [-0.39, 0.29) is 0 Å². The molecule has 0 saturated heterocycles. The third kappa shape index (κ3) is 4.43. The summed E-state index contributed by atoms with van der Waals surface area (Å²) >= 11 is 5.28. The second-order valence-electron chi connectivity index (χ2n) is 5.29. The molecule has 0 heterocycles. The Morgan fingerprint density at radius 1 is 1.18 bits per heavy atom. The lowest BCUT2D eigenvalue weighted by Crippen LogP contribution is -2.55. The maximum Gasteiger partial charge on any atom is 0.166 e. The number of hydrogen-bond donors (Lipinski definition) is 2. The lowest BCUT2D eigenvalue weighted by atomic mass is 9.80. The molecule has 0 aromatic rings. The smallest absolute Gasteiger partial charge is 0.166 e. The van der Waals surface area contributed by atoms with Crippen molar-refractivity contribution in [2.45, 2.75) is 51.0 Å². The number of rotatable bonds is 5. The van der Waals surface area contributed by atoms with Crippen LogP contribution in [0.4, 0.5) is 0 Å². The number of hydrogen-bond acceptors (Lipinski definition) is 2. The second kappa shape index (κ2) is 7.17. The monoisotopic (exact) mass is 257 g/mol. The minimum atomic E-state index is 0.302. The lowest BCUT2D eigenvalue weighted by molar-refractivity contribution is 0.104. The summed E-state index contributed by atoms with van der Waals surface area (Å²) in [4.78, 5) is 2.38. The average molecular weight is 257 g/mol. The molecule has 3 nitrogen and oxygen atoms in total. The van der Waals surface area contributed by atoms with Crippen LogP contribution >= 0.6 is 12.2 Å². The molecule has 1 aliphatic carbocycles. The van der Waals surface area contributed by atoms with E-state index in [0.717, 1.165) is 24.6 Å². The molecule has 0 aromatic carbocycles. The van der Waals surface area contributed by atoms with Gasteiger partial charge in [-0.05, 0) is 45.6 Å². The summed E-state index contributed by atoms with van der Waals surface area (Å²) in [7, 11) is 4.38. The van der Waals surface area contributed by atoms with Crippen LogP contribution in [-0.2, 0) is 0 Å². The molecule has 2 N–H and O–H groups in total. The molecule has 0 amide bonds. The summed E-state index contributed by atoms with van der Waals surface area (Å²) in [6, 6.07) is 0. The first-order chi connectivity index (χ1) is 8.10. The van der Waals surface area contributed by atoms with Gasteiger partial charge >= 0.3 is 0 Å². The van der Waals surface area contributed by atoms with Crippen LogP contribution in [0.5, 0.6) is 0 Å². The largest absolute Gasteiger partial charge is 0.363 e. The fourth-order valence-corrected chi connectivity index (χ4v) is 2.71. The van der Waals surface area contributed by atoms with Gasteiger partial charge in [0, 0.05) is 18.6 Å². The van der Waals surface area contributed by atoms with E-state index in [1.54, 1.807) is 0 Å². The minimum absolute atomic E-state index is 0.302. The predicted molar refractivity (Wildman–Crippen MR) is 78.4 cm³/mol. The summed E-state index contributed by atoms with van der Waals surface area (Å²) in [6.45, 7) is 4.08. The van der Waals surface area contributed by atoms with Crippen LogP contribution in [0.1, 0.15) is 45.4 Å². The molecule has 0 spiro atoms. The van der Waals surface area contributed by atoms with Gasteiger partial charge in [0.15, 0.2) is 5.11 Å². The minimum Gasteiger partial charge on any atom is -0.363 e. The van der Waals surface area contributed by atoms with Crippen molar-refractivity contribution in [3.8, 4) is 0 Å². The van der Waals surface area contributed by atoms with E-state index >= 15 is 0 Å². The molecular formula is C13H27N3S. The van der Waals surface area contributed by atoms with E-state index in [4.69, 9.17) is 12.2 Å². The fourth-order valence-electron chi connectivity index (χ4n) is 2.54. The topological polar surface area (TPSA) is 27.3 Å². The van der Waals surface area contributed by atoms with Crippen LogP contribution < -0.4 is 10.6 Å². The van der Waals surface area contributed by atoms with Crippen LogP contribution in [0, 0.1) is 0 Å². The molecule has 4 heteroatoms. The first-order valence-corrected chi connectivity index (χ1v) is 7.21. The van der Waals surface area contributed by atoms with Crippen LogP contribution in [0.25, 0.3) is 0 Å². The Balaban J connectivity index is 2.41. The Bertz CT molecular complexity index is 235. The summed E-state index contributed by atoms with van der Waals surface area (Å²) in [5.41, 5.74) is 0.302.